The van der Waals surface area contributed by atoms with Crippen molar-refractivity contribution in [2.24, 2.45) is 17.3 Å². The molecule has 0 saturated carbocycles. The topological polar surface area (TPSA) is 46.5 Å². The molecule has 0 aromatic carbocycles. The van der Waals surface area contributed by atoms with Crippen LogP contribution in [0, 0.1) is 17.3 Å². The van der Waals surface area contributed by atoms with Crippen LogP contribution in [0.3, 0.4) is 0 Å². The highest BCUT2D eigenvalue weighted by molar-refractivity contribution is 5.71. The third kappa shape index (κ3) is 1.61. The Morgan fingerprint density at radius 1 is 1.58 bits per heavy atom. The fourth-order valence-electron chi connectivity index (χ4n) is 2.04. The molecule has 1 N–H and O–H groups in total. The van der Waals surface area contributed by atoms with Crippen LogP contribution in [-0.4, -0.2) is 24.3 Å². The van der Waals surface area contributed by atoms with E-state index in [1.807, 2.05) is 20.8 Å². The minimum Gasteiger partial charge on any atom is -0.481 e. The van der Waals surface area contributed by atoms with E-state index in [0.717, 1.165) is 0 Å². The average Bonchev–Trinajstić information content (AvgIpc) is 1.82. The maximum absolute atomic E-state index is 10.9. The molecule has 1 rings (SSSR count). The van der Waals surface area contributed by atoms with E-state index in [1.54, 1.807) is 0 Å². The smallest absolute Gasteiger partial charge is 0.307 e. The Labute approximate surface area is 72.7 Å². The van der Waals surface area contributed by atoms with Gasteiger partial charge in [-0.25, -0.2) is 0 Å². The first kappa shape index (κ1) is 9.52. The Hall–Kier alpha value is -0.570. The van der Waals surface area contributed by atoms with Crippen molar-refractivity contribution in [2.75, 3.05) is 13.2 Å². The van der Waals surface area contributed by atoms with E-state index in [2.05, 4.69) is 0 Å². The third-order valence-corrected chi connectivity index (χ3v) is 2.53. The second kappa shape index (κ2) is 3.05. The van der Waals surface area contributed by atoms with Crippen molar-refractivity contribution < 1.29 is 14.6 Å². The lowest BCUT2D eigenvalue weighted by Crippen LogP contribution is -2.44. The zero-order chi connectivity index (χ0) is 9.35. The zero-order valence-electron chi connectivity index (χ0n) is 7.83. The molecule has 2 unspecified atom stereocenters. The Bertz CT molecular complexity index is 186. The van der Waals surface area contributed by atoms with Gasteiger partial charge in [0.15, 0.2) is 0 Å². The molecule has 0 spiro atoms. The molecule has 12 heavy (non-hydrogen) atoms. The number of carboxylic acid groups (broad SMARTS) is 1. The zero-order valence-corrected chi connectivity index (χ0v) is 7.83. The summed E-state index contributed by atoms with van der Waals surface area (Å²) in [4.78, 5) is 10.9. The van der Waals surface area contributed by atoms with Crippen molar-refractivity contribution in [3.63, 3.8) is 0 Å². The molecule has 3 heteroatoms. The van der Waals surface area contributed by atoms with Crippen molar-refractivity contribution in [1.29, 1.82) is 0 Å². The summed E-state index contributed by atoms with van der Waals surface area (Å²) in [5.74, 6) is -0.853. The van der Waals surface area contributed by atoms with Gasteiger partial charge in [-0.2, -0.15) is 0 Å². The highest BCUT2D eigenvalue weighted by Gasteiger charge is 2.42. The second-order valence-electron chi connectivity index (χ2n) is 4.30. The van der Waals surface area contributed by atoms with Gasteiger partial charge < -0.3 is 9.84 Å². The summed E-state index contributed by atoms with van der Waals surface area (Å²) in [7, 11) is 0. The van der Waals surface area contributed by atoms with Gasteiger partial charge in [0.05, 0.1) is 12.5 Å². The molecule has 3 nitrogen and oxygen atoms in total. The Morgan fingerprint density at radius 3 is 2.50 bits per heavy atom. The summed E-state index contributed by atoms with van der Waals surface area (Å²) in [6, 6.07) is 0. The Kier molecular flexibility index (Phi) is 2.42. The van der Waals surface area contributed by atoms with Crippen LogP contribution >= 0.6 is 0 Å². The van der Waals surface area contributed by atoms with E-state index in [9.17, 15) is 4.79 Å². The van der Waals surface area contributed by atoms with Crippen LogP contribution < -0.4 is 0 Å². The first-order valence-electron chi connectivity index (χ1n) is 4.25. The quantitative estimate of drug-likeness (QED) is 0.650. The van der Waals surface area contributed by atoms with E-state index in [1.165, 1.54) is 0 Å². The molecule has 1 saturated heterocycles. The van der Waals surface area contributed by atoms with E-state index in [4.69, 9.17) is 9.84 Å². The predicted octanol–water partition coefficient (Wildman–Crippen LogP) is 1.38. The average molecular weight is 172 g/mol. The molecular formula is C9H16O3. The lowest BCUT2D eigenvalue weighted by Gasteiger charge is -2.39. The van der Waals surface area contributed by atoms with Crippen molar-refractivity contribution in [2.45, 2.75) is 20.8 Å². The summed E-state index contributed by atoms with van der Waals surface area (Å²) in [5, 5.41) is 8.99. The van der Waals surface area contributed by atoms with Crippen LogP contribution in [0.15, 0.2) is 0 Å². The summed E-state index contributed by atoms with van der Waals surface area (Å²) in [6.07, 6.45) is 0. The standard InChI is InChI=1S/C9H16O3/c1-6-4-12-5-9(2,3)7(6)8(10)11/h6-7H,4-5H2,1-3H3,(H,10,11). The Balaban J connectivity index is 2.81. The number of carboxylic acids is 1. The van der Waals surface area contributed by atoms with Crippen LogP contribution in [0.25, 0.3) is 0 Å². The second-order valence-corrected chi connectivity index (χ2v) is 4.30. The van der Waals surface area contributed by atoms with Gasteiger partial charge in [-0.15, -0.1) is 0 Å². The molecule has 1 aliphatic heterocycles. The first-order chi connectivity index (χ1) is 5.45. The summed E-state index contributed by atoms with van der Waals surface area (Å²) in [5.41, 5.74) is -0.233. The van der Waals surface area contributed by atoms with E-state index in [-0.39, 0.29) is 17.3 Å². The molecule has 0 aromatic rings. The number of rotatable bonds is 1. The third-order valence-electron chi connectivity index (χ3n) is 2.53. The van der Waals surface area contributed by atoms with Crippen LogP contribution in [0.1, 0.15) is 20.8 Å². The largest absolute Gasteiger partial charge is 0.481 e. The molecule has 0 aromatic heterocycles. The molecule has 1 fully saturated rings. The van der Waals surface area contributed by atoms with Gasteiger partial charge in [-0.1, -0.05) is 20.8 Å². The molecule has 0 radical (unpaired) electrons. The molecule has 0 aliphatic carbocycles. The van der Waals surface area contributed by atoms with E-state index in [0.29, 0.717) is 13.2 Å². The minimum atomic E-state index is -0.698. The first-order valence-corrected chi connectivity index (χ1v) is 4.25. The van der Waals surface area contributed by atoms with Crippen LogP contribution in [0.2, 0.25) is 0 Å². The normalized spacial score (nSPS) is 34.6. The van der Waals surface area contributed by atoms with Gasteiger partial charge in [0, 0.05) is 12.0 Å². The van der Waals surface area contributed by atoms with Gasteiger partial charge in [-0.3, -0.25) is 4.79 Å². The highest BCUT2D eigenvalue weighted by atomic mass is 16.5. The summed E-state index contributed by atoms with van der Waals surface area (Å²) >= 11 is 0. The fraction of sp³-hybridized carbons (Fsp3) is 0.889. The Morgan fingerprint density at radius 2 is 2.17 bits per heavy atom. The van der Waals surface area contributed by atoms with Gasteiger partial charge in [0.1, 0.15) is 0 Å². The maximum atomic E-state index is 10.9. The van der Waals surface area contributed by atoms with E-state index >= 15 is 0 Å². The van der Waals surface area contributed by atoms with Gasteiger partial charge in [0.2, 0.25) is 0 Å². The number of ether oxygens (including phenoxy) is 1. The van der Waals surface area contributed by atoms with Gasteiger partial charge in [-0.05, 0) is 5.92 Å². The SMILES string of the molecule is CC1COCC(C)(C)C1C(=O)O. The summed E-state index contributed by atoms with van der Waals surface area (Å²) in [6.45, 7) is 6.94. The van der Waals surface area contributed by atoms with Gasteiger partial charge >= 0.3 is 5.97 Å². The monoisotopic (exact) mass is 172 g/mol. The lowest BCUT2D eigenvalue weighted by atomic mass is 9.71. The van der Waals surface area contributed by atoms with Crippen LogP contribution in [-0.2, 0) is 9.53 Å². The lowest BCUT2D eigenvalue weighted by molar-refractivity contribution is -0.159. The molecule has 0 amide bonds. The molecule has 1 aliphatic rings. The molecule has 0 bridgehead atoms. The van der Waals surface area contributed by atoms with Crippen molar-refractivity contribution >= 4 is 5.97 Å². The maximum Gasteiger partial charge on any atom is 0.307 e. The van der Waals surface area contributed by atoms with Crippen LogP contribution in [0.4, 0.5) is 0 Å². The summed E-state index contributed by atoms with van der Waals surface area (Å²) < 4.78 is 5.31. The molecule has 1 heterocycles. The number of aliphatic carboxylic acids is 1. The highest BCUT2D eigenvalue weighted by Crippen LogP contribution is 2.37. The molecule has 2 atom stereocenters. The molecular weight excluding hydrogens is 156 g/mol. The number of hydrogen-bond donors (Lipinski definition) is 1. The van der Waals surface area contributed by atoms with Crippen molar-refractivity contribution in [3.05, 3.63) is 0 Å². The number of hydrogen-bond acceptors (Lipinski definition) is 2. The van der Waals surface area contributed by atoms with E-state index < -0.39 is 5.97 Å². The molecule has 70 valence electrons. The van der Waals surface area contributed by atoms with Crippen molar-refractivity contribution in [1.82, 2.24) is 0 Å². The van der Waals surface area contributed by atoms with Gasteiger partial charge in [0.25, 0.3) is 0 Å². The number of carbonyl (C=O) groups is 1. The predicted molar refractivity (Wildman–Crippen MR) is 44.9 cm³/mol. The minimum absolute atomic E-state index is 0.117. The fourth-order valence-corrected chi connectivity index (χ4v) is 2.04. The van der Waals surface area contributed by atoms with Crippen LogP contribution in [0.5, 0.6) is 0 Å². The van der Waals surface area contributed by atoms with Crippen molar-refractivity contribution in [3.8, 4) is 0 Å².